The van der Waals surface area contributed by atoms with Crippen LogP contribution in [0.2, 0.25) is 0 Å². The summed E-state index contributed by atoms with van der Waals surface area (Å²) in [5, 5.41) is 15.3. The van der Waals surface area contributed by atoms with E-state index in [1.165, 1.54) is 11.3 Å². The Morgan fingerprint density at radius 2 is 1.93 bits per heavy atom. The van der Waals surface area contributed by atoms with Crippen LogP contribution in [0.3, 0.4) is 0 Å². The summed E-state index contributed by atoms with van der Waals surface area (Å²) in [4.78, 5) is 6.69. The second-order valence-electron chi connectivity index (χ2n) is 6.99. The fourth-order valence-corrected chi connectivity index (χ4v) is 3.34. The highest BCUT2D eigenvalue weighted by Crippen LogP contribution is 2.14. The van der Waals surface area contributed by atoms with Crippen LogP contribution in [-0.2, 0) is 6.42 Å². The first-order valence-corrected chi connectivity index (χ1v) is 10.3. The van der Waals surface area contributed by atoms with E-state index in [9.17, 15) is 0 Å². The number of nitrogens with zero attached hydrogens (tertiary/aromatic N) is 5. The summed E-state index contributed by atoms with van der Waals surface area (Å²) in [6, 6.07) is 14.6. The normalized spacial score (nSPS) is 11.2. The van der Waals surface area contributed by atoms with E-state index in [1.54, 1.807) is 7.05 Å². The monoisotopic (exact) mass is 521 g/mol. The molecule has 3 aromatic rings. The first-order chi connectivity index (χ1) is 14.2. The van der Waals surface area contributed by atoms with Crippen LogP contribution in [0.25, 0.3) is 5.65 Å². The van der Waals surface area contributed by atoms with Crippen molar-refractivity contribution in [2.75, 3.05) is 38.1 Å². The zero-order valence-corrected chi connectivity index (χ0v) is 20.3. The molecule has 0 radical (unpaired) electrons. The molecule has 0 fully saturated rings. The third-order valence-corrected chi connectivity index (χ3v) is 4.90. The number of hydrogen-bond acceptors (Lipinski definition) is 4. The molecule has 8 heteroatoms. The number of halogens is 1. The molecule has 2 N–H and O–H groups in total. The molecule has 2 aromatic heterocycles. The molecule has 0 aliphatic carbocycles. The Morgan fingerprint density at radius 1 is 1.10 bits per heavy atom. The second-order valence-corrected chi connectivity index (χ2v) is 6.99. The number of fused-ring (bicyclic) bond motifs is 1. The van der Waals surface area contributed by atoms with Gasteiger partial charge in [0.05, 0.1) is 0 Å². The maximum absolute atomic E-state index is 4.32. The maximum atomic E-state index is 4.32. The summed E-state index contributed by atoms with van der Waals surface area (Å²) >= 11 is 0. The van der Waals surface area contributed by atoms with Crippen LogP contribution < -0.4 is 15.5 Å². The van der Waals surface area contributed by atoms with Gasteiger partial charge in [-0.1, -0.05) is 18.2 Å². The van der Waals surface area contributed by atoms with Crippen LogP contribution in [0.5, 0.6) is 0 Å². The summed E-state index contributed by atoms with van der Waals surface area (Å²) < 4.78 is 2.04. The predicted molar refractivity (Wildman–Crippen MR) is 135 cm³/mol. The lowest BCUT2D eigenvalue weighted by atomic mass is 10.2. The minimum atomic E-state index is 0. The van der Waals surface area contributed by atoms with Gasteiger partial charge in [-0.25, -0.2) is 0 Å². The van der Waals surface area contributed by atoms with E-state index >= 15 is 0 Å². The molecule has 162 valence electrons. The molecule has 0 spiro atoms. The van der Waals surface area contributed by atoms with Crippen LogP contribution in [0.15, 0.2) is 53.7 Å². The Kier molecular flexibility index (Phi) is 9.85. The van der Waals surface area contributed by atoms with Gasteiger partial charge in [-0.3, -0.25) is 9.39 Å². The summed E-state index contributed by atoms with van der Waals surface area (Å²) in [6.07, 6.45) is 3.83. The predicted octanol–water partition coefficient (Wildman–Crippen LogP) is 3.28. The first kappa shape index (κ1) is 23.9. The molecule has 0 saturated heterocycles. The largest absolute Gasteiger partial charge is 0.370 e. The highest BCUT2D eigenvalue weighted by atomic mass is 127. The number of aryl methyl sites for hydroxylation is 2. The van der Waals surface area contributed by atoms with Crippen molar-refractivity contribution in [3.8, 4) is 0 Å². The van der Waals surface area contributed by atoms with Gasteiger partial charge >= 0.3 is 0 Å². The average molecular weight is 521 g/mol. The third kappa shape index (κ3) is 6.58. The molecule has 0 bridgehead atoms. The number of aromatic nitrogens is 3. The topological polar surface area (TPSA) is 69.8 Å². The number of aliphatic imine (C=N–C) groups is 1. The minimum Gasteiger partial charge on any atom is -0.370 e. The highest BCUT2D eigenvalue weighted by molar-refractivity contribution is 14.0. The minimum absolute atomic E-state index is 0. The first-order valence-electron chi connectivity index (χ1n) is 10.3. The van der Waals surface area contributed by atoms with Crippen molar-refractivity contribution in [1.29, 1.82) is 0 Å². The van der Waals surface area contributed by atoms with E-state index in [-0.39, 0.29) is 24.0 Å². The summed E-state index contributed by atoms with van der Waals surface area (Å²) in [6.45, 7) is 7.87. The zero-order valence-electron chi connectivity index (χ0n) is 18.0. The van der Waals surface area contributed by atoms with Crippen LogP contribution >= 0.6 is 24.0 Å². The van der Waals surface area contributed by atoms with Crippen molar-refractivity contribution in [2.45, 2.75) is 26.7 Å². The van der Waals surface area contributed by atoms with Gasteiger partial charge in [-0.15, -0.1) is 34.2 Å². The molecule has 30 heavy (non-hydrogen) atoms. The number of pyridine rings is 1. The van der Waals surface area contributed by atoms with Gasteiger partial charge < -0.3 is 15.5 Å². The molecular weight excluding hydrogens is 489 g/mol. The Balaban J connectivity index is 0.00000320. The zero-order chi connectivity index (χ0) is 20.5. The van der Waals surface area contributed by atoms with E-state index in [0.717, 1.165) is 56.5 Å². The van der Waals surface area contributed by atoms with Crippen molar-refractivity contribution < 1.29 is 0 Å². The van der Waals surface area contributed by atoms with E-state index in [1.807, 2.05) is 28.8 Å². The van der Waals surface area contributed by atoms with Crippen molar-refractivity contribution in [1.82, 2.24) is 25.2 Å². The van der Waals surface area contributed by atoms with Crippen molar-refractivity contribution in [3.63, 3.8) is 0 Å². The number of hydrogen-bond donors (Lipinski definition) is 2. The number of rotatable bonds is 9. The lowest BCUT2D eigenvalue weighted by Gasteiger charge is -2.24. The van der Waals surface area contributed by atoms with E-state index < -0.39 is 0 Å². The van der Waals surface area contributed by atoms with E-state index in [2.05, 4.69) is 68.8 Å². The average Bonchev–Trinajstić information content (AvgIpc) is 3.16. The third-order valence-electron chi connectivity index (χ3n) is 4.90. The van der Waals surface area contributed by atoms with Gasteiger partial charge in [-0.05, 0) is 50.1 Å². The molecular formula is C22H32IN7. The van der Waals surface area contributed by atoms with E-state index in [4.69, 9.17) is 0 Å². The Morgan fingerprint density at radius 3 is 2.70 bits per heavy atom. The lowest BCUT2D eigenvalue weighted by Crippen LogP contribution is -2.42. The lowest BCUT2D eigenvalue weighted by molar-refractivity contribution is 0.706. The molecule has 0 unspecified atom stereocenters. The molecule has 0 saturated carbocycles. The molecule has 0 amide bonds. The van der Waals surface area contributed by atoms with Crippen LogP contribution in [0.1, 0.15) is 24.7 Å². The van der Waals surface area contributed by atoms with Crippen molar-refractivity contribution >= 4 is 41.3 Å². The Hall–Kier alpha value is -2.36. The van der Waals surface area contributed by atoms with Gasteiger partial charge in [0, 0.05) is 51.5 Å². The molecule has 0 aliphatic heterocycles. The molecule has 1 aromatic carbocycles. The summed E-state index contributed by atoms with van der Waals surface area (Å²) in [7, 11) is 1.81. The number of likely N-dealkylation sites (N-methyl/N-ethyl adjacent to an activating group) is 1. The Bertz CT molecular complexity index is 938. The smallest absolute Gasteiger partial charge is 0.191 e. The summed E-state index contributed by atoms with van der Waals surface area (Å²) in [5.74, 6) is 1.82. The second kappa shape index (κ2) is 12.4. The molecule has 0 aliphatic rings. The Labute approximate surface area is 196 Å². The van der Waals surface area contributed by atoms with Gasteiger partial charge in [0.25, 0.3) is 0 Å². The van der Waals surface area contributed by atoms with Crippen molar-refractivity contribution in [2.24, 2.45) is 4.99 Å². The van der Waals surface area contributed by atoms with Crippen LogP contribution in [-0.4, -0.2) is 53.8 Å². The fourth-order valence-electron chi connectivity index (χ4n) is 3.34. The van der Waals surface area contributed by atoms with E-state index in [0.29, 0.717) is 0 Å². The van der Waals surface area contributed by atoms with Gasteiger partial charge in [0.1, 0.15) is 5.82 Å². The standard InChI is InChI=1S/C22H31N7.HI/c1-4-28(19-10-7-9-18(2)17-19)16-14-25-22(23-3)24-13-8-12-21-27-26-20-11-5-6-15-29(20)21;/h5-7,9-11,15,17H,4,8,12-14,16H2,1-3H3,(H2,23,24,25);1H. The van der Waals surface area contributed by atoms with Gasteiger partial charge in [0.2, 0.25) is 0 Å². The van der Waals surface area contributed by atoms with Gasteiger partial charge in [0.15, 0.2) is 11.6 Å². The van der Waals surface area contributed by atoms with Gasteiger partial charge in [-0.2, -0.15) is 0 Å². The molecule has 0 atom stereocenters. The highest BCUT2D eigenvalue weighted by Gasteiger charge is 2.06. The molecule has 3 rings (SSSR count). The molecule has 2 heterocycles. The maximum Gasteiger partial charge on any atom is 0.191 e. The molecule has 7 nitrogen and oxygen atoms in total. The number of benzene rings is 1. The quantitative estimate of drug-likeness (QED) is 0.196. The number of guanidine groups is 1. The number of anilines is 1. The fraction of sp³-hybridized carbons (Fsp3) is 0.409. The number of nitrogens with one attached hydrogen (secondary N) is 2. The van der Waals surface area contributed by atoms with Crippen molar-refractivity contribution in [3.05, 3.63) is 60.0 Å². The van der Waals surface area contributed by atoms with Crippen LogP contribution in [0.4, 0.5) is 5.69 Å². The van der Waals surface area contributed by atoms with Crippen LogP contribution in [0, 0.1) is 6.92 Å². The SMILES string of the molecule is CCN(CCNC(=NC)NCCCc1nnc2ccccn12)c1cccc(C)c1.I. The summed E-state index contributed by atoms with van der Waals surface area (Å²) in [5.41, 5.74) is 3.44.